The van der Waals surface area contributed by atoms with Gasteiger partial charge in [-0.2, -0.15) is 0 Å². The van der Waals surface area contributed by atoms with Crippen molar-refractivity contribution in [3.05, 3.63) is 69.5 Å². The predicted molar refractivity (Wildman–Crippen MR) is 104 cm³/mol. The van der Waals surface area contributed by atoms with E-state index < -0.39 is 17.5 Å². The minimum Gasteiger partial charge on any atom is -0.467 e. The number of amides is 1. The molecular formula is C22H21NO6. The summed E-state index contributed by atoms with van der Waals surface area (Å²) in [4.78, 5) is 38.2. The van der Waals surface area contributed by atoms with Crippen molar-refractivity contribution in [1.29, 1.82) is 0 Å². The van der Waals surface area contributed by atoms with Gasteiger partial charge in [-0.15, -0.1) is 0 Å². The van der Waals surface area contributed by atoms with Gasteiger partial charge in [0.15, 0.2) is 0 Å². The maximum absolute atomic E-state index is 12.5. The molecule has 29 heavy (non-hydrogen) atoms. The largest absolute Gasteiger partial charge is 0.467 e. The van der Waals surface area contributed by atoms with Gasteiger partial charge in [0.25, 0.3) is 0 Å². The van der Waals surface area contributed by atoms with Crippen LogP contribution < -0.4 is 5.63 Å². The Balaban J connectivity index is 1.45. The molecular weight excluding hydrogens is 374 g/mol. The zero-order valence-corrected chi connectivity index (χ0v) is 16.3. The molecule has 2 aromatic heterocycles. The van der Waals surface area contributed by atoms with Crippen molar-refractivity contribution in [3.63, 3.8) is 0 Å². The fourth-order valence-corrected chi connectivity index (χ4v) is 3.54. The lowest BCUT2D eigenvalue weighted by Crippen LogP contribution is -2.26. The van der Waals surface area contributed by atoms with E-state index in [0.717, 1.165) is 16.5 Å². The van der Waals surface area contributed by atoms with E-state index in [2.05, 4.69) is 0 Å². The molecule has 7 nitrogen and oxygen atoms in total. The van der Waals surface area contributed by atoms with Crippen LogP contribution in [0.3, 0.4) is 0 Å². The summed E-state index contributed by atoms with van der Waals surface area (Å²) < 4.78 is 16.0. The Bertz CT molecular complexity index is 1130. The predicted octanol–water partition coefficient (Wildman–Crippen LogP) is 3.09. The van der Waals surface area contributed by atoms with Crippen molar-refractivity contribution in [1.82, 2.24) is 4.90 Å². The summed E-state index contributed by atoms with van der Waals surface area (Å²) >= 11 is 0. The van der Waals surface area contributed by atoms with E-state index in [1.165, 1.54) is 6.07 Å². The van der Waals surface area contributed by atoms with Crippen molar-refractivity contribution in [2.75, 3.05) is 6.54 Å². The van der Waals surface area contributed by atoms with E-state index in [1.54, 1.807) is 29.4 Å². The molecule has 0 saturated carbocycles. The number of hydrogen-bond donors (Lipinski definition) is 0. The number of ether oxygens (including phenoxy) is 1. The molecule has 0 unspecified atom stereocenters. The Kier molecular flexibility index (Phi) is 4.96. The molecule has 1 amide bonds. The fraction of sp³-hybridized carbons (Fsp3) is 0.318. The molecule has 0 bridgehead atoms. The van der Waals surface area contributed by atoms with Crippen LogP contribution >= 0.6 is 0 Å². The van der Waals surface area contributed by atoms with Crippen LogP contribution in [0, 0.1) is 19.8 Å². The molecule has 0 aliphatic carbocycles. The van der Waals surface area contributed by atoms with Gasteiger partial charge in [0.2, 0.25) is 5.91 Å². The van der Waals surface area contributed by atoms with Gasteiger partial charge in [-0.25, -0.2) is 4.79 Å². The summed E-state index contributed by atoms with van der Waals surface area (Å²) in [6, 6.07) is 8.61. The van der Waals surface area contributed by atoms with Crippen molar-refractivity contribution >= 4 is 22.8 Å². The summed E-state index contributed by atoms with van der Waals surface area (Å²) in [5, 5.41) is 0.738. The summed E-state index contributed by atoms with van der Waals surface area (Å²) in [6.45, 7) is 4.47. The Hall–Kier alpha value is -3.35. The summed E-state index contributed by atoms with van der Waals surface area (Å²) in [5.41, 5.74) is 2.62. The molecule has 3 aromatic rings. The van der Waals surface area contributed by atoms with Crippen LogP contribution in [0.25, 0.3) is 11.0 Å². The van der Waals surface area contributed by atoms with Crippen molar-refractivity contribution in [2.24, 2.45) is 5.92 Å². The Morgan fingerprint density at radius 2 is 2.00 bits per heavy atom. The van der Waals surface area contributed by atoms with E-state index in [-0.39, 0.29) is 25.5 Å². The normalized spacial score (nSPS) is 16.6. The molecule has 1 aromatic carbocycles. The first-order valence-electron chi connectivity index (χ1n) is 9.41. The number of esters is 1. The molecule has 7 heteroatoms. The van der Waals surface area contributed by atoms with Crippen LogP contribution in [0.4, 0.5) is 0 Å². The molecule has 0 spiro atoms. The van der Waals surface area contributed by atoms with E-state index in [1.807, 2.05) is 19.9 Å². The number of rotatable bonds is 5. The van der Waals surface area contributed by atoms with E-state index in [4.69, 9.17) is 13.6 Å². The summed E-state index contributed by atoms with van der Waals surface area (Å²) in [7, 11) is 0. The number of hydrogen-bond acceptors (Lipinski definition) is 6. The minimum atomic E-state index is -0.534. The zero-order chi connectivity index (χ0) is 20.5. The third-order valence-electron chi connectivity index (χ3n) is 5.29. The fourth-order valence-electron chi connectivity index (χ4n) is 3.54. The van der Waals surface area contributed by atoms with Crippen LogP contribution in [0.15, 0.2) is 50.2 Å². The summed E-state index contributed by atoms with van der Waals surface area (Å²) in [6.07, 6.45) is 1.65. The van der Waals surface area contributed by atoms with Gasteiger partial charge in [-0.05, 0) is 49.2 Å². The lowest BCUT2D eigenvalue weighted by atomic mass is 10.0. The molecule has 0 N–H and O–H groups in total. The number of nitrogens with zero attached hydrogens (tertiary/aromatic N) is 1. The van der Waals surface area contributed by atoms with Crippen LogP contribution in [-0.4, -0.2) is 23.3 Å². The smallest absolute Gasteiger partial charge is 0.336 e. The van der Waals surface area contributed by atoms with E-state index in [9.17, 15) is 14.4 Å². The number of fused-ring (bicyclic) bond motifs is 1. The van der Waals surface area contributed by atoms with Crippen LogP contribution in [-0.2, 0) is 27.5 Å². The molecule has 150 valence electrons. The number of benzene rings is 1. The quantitative estimate of drug-likeness (QED) is 0.487. The third kappa shape index (κ3) is 3.94. The van der Waals surface area contributed by atoms with Crippen LogP contribution in [0.2, 0.25) is 0 Å². The molecule has 1 fully saturated rings. The highest BCUT2D eigenvalue weighted by atomic mass is 16.5. The van der Waals surface area contributed by atoms with Gasteiger partial charge in [0.1, 0.15) is 18.0 Å². The molecule has 0 radical (unpaired) electrons. The highest BCUT2D eigenvalue weighted by molar-refractivity contribution is 5.87. The highest BCUT2D eigenvalue weighted by Gasteiger charge is 2.35. The van der Waals surface area contributed by atoms with Gasteiger partial charge in [-0.1, -0.05) is 0 Å². The zero-order valence-electron chi connectivity index (χ0n) is 16.3. The first-order chi connectivity index (χ1) is 13.9. The molecule has 1 saturated heterocycles. The average Bonchev–Trinajstić information content (AvgIpc) is 3.31. The number of carbonyl (C=O) groups excluding carboxylic acids is 2. The van der Waals surface area contributed by atoms with Gasteiger partial charge >= 0.3 is 11.6 Å². The van der Waals surface area contributed by atoms with Crippen molar-refractivity contribution < 1.29 is 23.2 Å². The van der Waals surface area contributed by atoms with E-state index in [0.29, 0.717) is 23.5 Å². The SMILES string of the molecule is Cc1cc2oc(=O)cc(COC(=O)[C@H]3CC(=O)N(Cc4ccco4)C3)c2cc1C. The number of furan rings is 1. The second-order valence-electron chi connectivity index (χ2n) is 7.39. The second-order valence-corrected chi connectivity index (χ2v) is 7.39. The summed E-state index contributed by atoms with van der Waals surface area (Å²) in [5.74, 6) is -0.431. The molecule has 1 aliphatic rings. The number of aryl methyl sites for hydroxylation is 2. The second kappa shape index (κ2) is 7.58. The monoisotopic (exact) mass is 395 g/mol. The highest BCUT2D eigenvalue weighted by Crippen LogP contribution is 2.24. The topological polar surface area (TPSA) is 90.0 Å². The Labute approximate surface area is 166 Å². The number of likely N-dealkylation sites (tertiary alicyclic amines) is 1. The van der Waals surface area contributed by atoms with Crippen LogP contribution in [0.1, 0.15) is 28.9 Å². The van der Waals surface area contributed by atoms with Gasteiger partial charge in [0.05, 0.1) is 18.7 Å². The lowest BCUT2D eigenvalue weighted by Gasteiger charge is -2.15. The number of carbonyl (C=O) groups is 2. The maximum atomic E-state index is 12.5. The van der Waals surface area contributed by atoms with Crippen LogP contribution in [0.5, 0.6) is 0 Å². The first kappa shape index (κ1) is 19.0. The van der Waals surface area contributed by atoms with Crippen molar-refractivity contribution in [2.45, 2.75) is 33.4 Å². The average molecular weight is 395 g/mol. The third-order valence-corrected chi connectivity index (χ3v) is 5.29. The Morgan fingerprint density at radius 3 is 2.76 bits per heavy atom. The lowest BCUT2D eigenvalue weighted by molar-refractivity contribution is -0.149. The van der Waals surface area contributed by atoms with Gasteiger partial charge in [-0.3, -0.25) is 9.59 Å². The van der Waals surface area contributed by atoms with Gasteiger partial charge in [0, 0.05) is 30.0 Å². The maximum Gasteiger partial charge on any atom is 0.336 e. The van der Waals surface area contributed by atoms with E-state index >= 15 is 0 Å². The van der Waals surface area contributed by atoms with Gasteiger partial charge < -0.3 is 18.5 Å². The minimum absolute atomic E-state index is 0.0493. The van der Waals surface area contributed by atoms with Crippen molar-refractivity contribution in [3.8, 4) is 0 Å². The standard InChI is InChI=1S/C22H21NO6/c1-13-6-18-16(9-21(25)29-19(18)7-14(13)2)12-28-22(26)15-8-20(24)23(10-15)11-17-4-3-5-27-17/h3-7,9,15H,8,10-12H2,1-2H3/t15-/m0/s1. The first-order valence-corrected chi connectivity index (χ1v) is 9.41. The molecule has 4 rings (SSSR count). The molecule has 1 atom stereocenters. The Morgan fingerprint density at radius 1 is 1.21 bits per heavy atom. The molecule has 1 aliphatic heterocycles. The molecule has 3 heterocycles.